The van der Waals surface area contributed by atoms with E-state index in [1.807, 2.05) is 0 Å². The Kier molecular flexibility index (Phi) is 4.52. The maximum atomic E-state index is 12.2. The third-order valence-corrected chi connectivity index (χ3v) is 4.44. The normalized spacial score (nSPS) is 25.8. The molecule has 1 saturated carbocycles. The van der Waals surface area contributed by atoms with E-state index in [1.54, 1.807) is 0 Å². The SMILES string of the molecule is CC1CCC(C#N)(NC(=O)c2cnc(Cl)c(Cl)c2)CC1. The van der Waals surface area contributed by atoms with Gasteiger partial charge in [0, 0.05) is 6.20 Å². The molecule has 0 atom stereocenters. The molecule has 106 valence electrons. The molecule has 0 spiro atoms. The van der Waals surface area contributed by atoms with Gasteiger partial charge in [0.2, 0.25) is 0 Å². The molecule has 0 saturated heterocycles. The van der Waals surface area contributed by atoms with E-state index in [1.165, 1.54) is 12.3 Å². The van der Waals surface area contributed by atoms with Gasteiger partial charge in [0.05, 0.1) is 16.7 Å². The van der Waals surface area contributed by atoms with Crippen molar-refractivity contribution >= 4 is 29.1 Å². The van der Waals surface area contributed by atoms with Crippen molar-refractivity contribution in [3.8, 4) is 6.07 Å². The molecule has 1 fully saturated rings. The summed E-state index contributed by atoms with van der Waals surface area (Å²) in [7, 11) is 0. The molecule has 1 amide bonds. The third kappa shape index (κ3) is 3.23. The summed E-state index contributed by atoms with van der Waals surface area (Å²) in [6.07, 6.45) is 4.58. The third-order valence-electron chi connectivity index (χ3n) is 3.75. The zero-order valence-electron chi connectivity index (χ0n) is 11.1. The Morgan fingerprint density at radius 1 is 1.50 bits per heavy atom. The highest BCUT2D eigenvalue weighted by Gasteiger charge is 2.36. The van der Waals surface area contributed by atoms with Crippen molar-refractivity contribution in [1.82, 2.24) is 10.3 Å². The minimum atomic E-state index is -0.782. The minimum absolute atomic E-state index is 0.157. The number of halogens is 2. The minimum Gasteiger partial charge on any atom is -0.334 e. The predicted molar refractivity (Wildman–Crippen MR) is 77.7 cm³/mol. The van der Waals surface area contributed by atoms with Gasteiger partial charge < -0.3 is 5.32 Å². The Balaban J connectivity index is 2.13. The Hall–Kier alpha value is -1.31. The van der Waals surface area contributed by atoms with Gasteiger partial charge in [-0.25, -0.2) is 4.98 Å². The van der Waals surface area contributed by atoms with Gasteiger partial charge in [-0.1, -0.05) is 30.1 Å². The van der Waals surface area contributed by atoms with Crippen LogP contribution in [0.5, 0.6) is 0 Å². The van der Waals surface area contributed by atoms with Crippen LogP contribution in [-0.2, 0) is 0 Å². The Morgan fingerprint density at radius 2 is 2.15 bits per heavy atom. The number of rotatable bonds is 2. The molecule has 1 aliphatic carbocycles. The summed E-state index contributed by atoms with van der Waals surface area (Å²) < 4.78 is 0. The molecule has 0 aromatic carbocycles. The standard InChI is InChI=1S/C14H15Cl2N3O/c1-9-2-4-14(8-17,5-3-9)19-13(20)10-6-11(15)12(16)18-7-10/h6-7,9H,2-5H2,1H3,(H,19,20). The summed E-state index contributed by atoms with van der Waals surface area (Å²) in [6.45, 7) is 2.16. The van der Waals surface area contributed by atoms with Gasteiger partial charge in [-0.15, -0.1) is 0 Å². The van der Waals surface area contributed by atoms with Gasteiger partial charge in [-0.2, -0.15) is 5.26 Å². The molecule has 1 aliphatic rings. The van der Waals surface area contributed by atoms with E-state index in [0.717, 1.165) is 12.8 Å². The van der Waals surface area contributed by atoms with Crippen LogP contribution in [0.25, 0.3) is 0 Å². The first-order valence-electron chi connectivity index (χ1n) is 6.50. The fourth-order valence-electron chi connectivity index (χ4n) is 2.35. The van der Waals surface area contributed by atoms with Gasteiger partial charge in [-0.3, -0.25) is 4.79 Å². The summed E-state index contributed by atoms with van der Waals surface area (Å²) >= 11 is 11.6. The first-order chi connectivity index (χ1) is 9.46. The largest absolute Gasteiger partial charge is 0.334 e. The molecule has 0 unspecified atom stereocenters. The Labute approximate surface area is 128 Å². The molecule has 4 nitrogen and oxygen atoms in total. The Morgan fingerprint density at radius 3 is 2.70 bits per heavy atom. The van der Waals surface area contributed by atoms with Crippen molar-refractivity contribution < 1.29 is 4.79 Å². The number of pyridine rings is 1. The van der Waals surface area contributed by atoms with Crippen LogP contribution >= 0.6 is 23.2 Å². The summed E-state index contributed by atoms with van der Waals surface area (Å²) in [5, 5.41) is 12.6. The first kappa shape index (κ1) is 15.1. The fourth-order valence-corrected chi connectivity index (χ4v) is 2.62. The summed E-state index contributed by atoms with van der Waals surface area (Å²) in [4.78, 5) is 16.1. The van der Waals surface area contributed by atoms with E-state index >= 15 is 0 Å². The van der Waals surface area contributed by atoms with Gasteiger partial charge >= 0.3 is 0 Å². The van der Waals surface area contributed by atoms with Crippen LogP contribution in [0.15, 0.2) is 12.3 Å². The number of carbonyl (C=O) groups excluding carboxylic acids is 1. The second-order valence-electron chi connectivity index (χ2n) is 5.33. The lowest BCUT2D eigenvalue weighted by Gasteiger charge is -2.34. The second-order valence-corrected chi connectivity index (χ2v) is 6.09. The van der Waals surface area contributed by atoms with Crippen LogP contribution in [-0.4, -0.2) is 16.4 Å². The summed E-state index contributed by atoms with van der Waals surface area (Å²) in [6, 6.07) is 3.71. The number of carbonyl (C=O) groups is 1. The molecule has 1 aromatic heterocycles. The monoisotopic (exact) mass is 311 g/mol. The number of hydrogen-bond acceptors (Lipinski definition) is 3. The zero-order valence-corrected chi connectivity index (χ0v) is 12.6. The van der Waals surface area contributed by atoms with Crippen molar-refractivity contribution in [1.29, 1.82) is 5.26 Å². The Bertz CT molecular complexity index is 560. The van der Waals surface area contributed by atoms with Crippen LogP contribution in [0.2, 0.25) is 10.2 Å². The van der Waals surface area contributed by atoms with Crippen LogP contribution in [0.4, 0.5) is 0 Å². The number of hydrogen-bond donors (Lipinski definition) is 1. The fraction of sp³-hybridized carbons (Fsp3) is 0.500. The van der Waals surface area contributed by atoms with Crippen LogP contribution in [0.3, 0.4) is 0 Å². The van der Waals surface area contributed by atoms with Gasteiger partial charge in [0.15, 0.2) is 0 Å². The molecule has 1 N–H and O–H groups in total. The lowest BCUT2D eigenvalue weighted by atomic mass is 9.78. The molecule has 6 heteroatoms. The number of nitrogens with zero attached hydrogens (tertiary/aromatic N) is 2. The van der Waals surface area contributed by atoms with E-state index in [9.17, 15) is 10.1 Å². The number of amides is 1. The second kappa shape index (κ2) is 5.99. The van der Waals surface area contributed by atoms with Crippen LogP contribution in [0.1, 0.15) is 43.0 Å². The molecule has 0 aliphatic heterocycles. The van der Waals surface area contributed by atoms with E-state index in [0.29, 0.717) is 24.3 Å². The molecule has 1 heterocycles. The van der Waals surface area contributed by atoms with E-state index in [-0.39, 0.29) is 16.1 Å². The predicted octanol–water partition coefficient (Wildman–Crippen LogP) is 3.59. The highest BCUT2D eigenvalue weighted by atomic mass is 35.5. The van der Waals surface area contributed by atoms with Crippen molar-refractivity contribution in [2.45, 2.75) is 38.1 Å². The first-order valence-corrected chi connectivity index (χ1v) is 7.26. The summed E-state index contributed by atoms with van der Waals surface area (Å²) in [5.41, 5.74) is -0.469. The van der Waals surface area contributed by atoms with Crippen LogP contribution in [0, 0.1) is 17.2 Å². The van der Waals surface area contributed by atoms with Gasteiger partial charge in [0.25, 0.3) is 5.91 Å². The molecule has 2 rings (SSSR count). The van der Waals surface area contributed by atoms with E-state index < -0.39 is 5.54 Å². The maximum Gasteiger partial charge on any atom is 0.254 e. The molecule has 0 bridgehead atoms. The maximum absolute atomic E-state index is 12.2. The average Bonchev–Trinajstić information content (AvgIpc) is 2.44. The lowest BCUT2D eigenvalue weighted by Crippen LogP contribution is -2.49. The van der Waals surface area contributed by atoms with E-state index in [4.69, 9.17) is 23.2 Å². The topological polar surface area (TPSA) is 65.8 Å². The zero-order chi connectivity index (χ0) is 14.8. The number of nitriles is 1. The van der Waals surface area contributed by atoms with E-state index in [2.05, 4.69) is 23.3 Å². The van der Waals surface area contributed by atoms with Crippen molar-refractivity contribution in [2.75, 3.05) is 0 Å². The molecular weight excluding hydrogens is 297 g/mol. The van der Waals surface area contributed by atoms with Gasteiger partial charge in [0.1, 0.15) is 10.7 Å². The summed E-state index contributed by atoms with van der Waals surface area (Å²) in [5.74, 6) is 0.257. The molecule has 20 heavy (non-hydrogen) atoms. The van der Waals surface area contributed by atoms with Gasteiger partial charge in [-0.05, 0) is 37.7 Å². The molecule has 0 radical (unpaired) electrons. The number of nitrogens with one attached hydrogen (secondary N) is 1. The number of aromatic nitrogens is 1. The average molecular weight is 312 g/mol. The van der Waals surface area contributed by atoms with Crippen molar-refractivity contribution in [3.63, 3.8) is 0 Å². The highest BCUT2D eigenvalue weighted by Crippen LogP contribution is 2.31. The van der Waals surface area contributed by atoms with Crippen molar-refractivity contribution in [3.05, 3.63) is 28.0 Å². The quantitative estimate of drug-likeness (QED) is 0.849. The lowest BCUT2D eigenvalue weighted by molar-refractivity contribution is 0.0893. The molecule has 1 aromatic rings. The smallest absolute Gasteiger partial charge is 0.254 e. The highest BCUT2D eigenvalue weighted by molar-refractivity contribution is 6.41. The molecular formula is C14H15Cl2N3O. The van der Waals surface area contributed by atoms with Crippen molar-refractivity contribution in [2.24, 2.45) is 5.92 Å². The van der Waals surface area contributed by atoms with Crippen LogP contribution < -0.4 is 5.32 Å².